The standard InChI is InChI=1S/C13H17ClN4O/c1-8(9(2)18(16-3)11-4-5-11)17-7-10(14)6-12(15)13(17)19/h6-7,11H,3-5,15H2,1-2H3/b9-8+. The molecule has 0 atom stereocenters. The topological polar surface area (TPSA) is 63.6 Å². The molecule has 0 spiro atoms. The Hall–Kier alpha value is -1.75. The minimum Gasteiger partial charge on any atom is -0.394 e. The first-order valence-corrected chi connectivity index (χ1v) is 6.45. The average Bonchev–Trinajstić information content (AvgIpc) is 3.18. The lowest BCUT2D eigenvalue weighted by atomic mass is 10.3. The van der Waals surface area contributed by atoms with Gasteiger partial charge < -0.3 is 5.73 Å². The van der Waals surface area contributed by atoms with Crippen LogP contribution in [-0.2, 0) is 0 Å². The fraction of sp³-hybridized carbons (Fsp3) is 0.385. The molecule has 102 valence electrons. The summed E-state index contributed by atoms with van der Waals surface area (Å²) >= 11 is 5.95. The number of rotatable bonds is 4. The van der Waals surface area contributed by atoms with Crippen LogP contribution in [0.15, 0.2) is 27.9 Å². The van der Waals surface area contributed by atoms with E-state index in [1.807, 2.05) is 18.9 Å². The number of halogens is 1. The van der Waals surface area contributed by atoms with Crippen LogP contribution in [0.4, 0.5) is 5.69 Å². The van der Waals surface area contributed by atoms with Gasteiger partial charge in [0.1, 0.15) is 0 Å². The van der Waals surface area contributed by atoms with Gasteiger partial charge in [-0.05, 0) is 32.8 Å². The Kier molecular flexibility index (Phi) is 3.66. The van der Waals surface area contributed by atoms with E-state index in [-0.39, 0.29) is 11.2 Å². The molecule has 0 aliphatic heterocycles. The number of allylic oxidation sites excluding steroid dienone is 2. The summed E-state index contributed by atoms with van der Waals surface area (Å²) in [6, 6.07) is 1.84. The van der Waals surface area contributed by atoms with Crippen LogP contribution in [0.5, 0.6) is 0 Å². The predicted octanol–water partition coefficient (Wildman–Crippen LogP) is 2.37. The molecule has 2 N–H and O–H groups in total. The highest BCUT2D eigenvalue weighted by Crippen LogP contribution is 2.31. The molecule has 1 aliphatic rings. The third-order valence-electron chi connectivity index (χ3n) is 3.29. The van der Waals surface area contributed by atoms with Gasteiger partial charge in [-0.3, -0.25) is 14.4 Å². The van der Waals surface area contributed by atoms with Gasteiger partial charge in [0.25, 0.3) is 5.56 Å². The smallest absolute Gasteiger partial charge is 0.278 e. The second-order valence-electron chi connectivity index (χ2n) is 4.68. The lowest BCUT2D eigenvalue weighted by molar-refractivity contribution is 0.357. The molecule has 1 aromatic heterocycles. The fourth-order valence-electron chi connectivity index (χ4n) is 1.97. The molecule has 1 fully saturated rings. The van der Waals surface area contributed by atoms with Crippen LogP contribution in [-0.4, -0.2) is 22.3 Å². The minimum atomic E-state index is -0.277. The molecule has 0 bridgehead atoms. The summed E-state index contributed by atoms with van der Waals surface area (Å²) in [4.78, 5) is 12.0. The first-order valence-electron chi connectivity index (χ1n) is 6.07. The number of nitrogens with zero attached hydrogens (tertiary/aromatic N) is 3. The van der Waals surface area contributed by atoms with Crippen LogP contribution in [0.2, 0.25) is 5.02 Å². The van der Waals surface area contributed by atoms with E-state index in [4.69, 9.17) is 17.3 Å². The van der Waals surface area contributed by atoms with Gasteiger partial charge in [-0.2, -0.15) is 5.10 Å². The number of nitrogen functional groups attached to an aromatic ring is 1. The summed E-state index contributed by atoms with van der Waals surface area (Å²) in [7, 11) is 0. The number of aromatic nitrogens is 1. The number of hydrogen-bond donors (Lipinski definition) is 1. The quantitative estimate of drug-likeness (QED) is 0.680. The molecule has 0 amide bonds. The van der Waals surface area contributed by atoms with Crippen LogP contribution in [0.25, 0.3) is 5.70 Å². The van der Waals surface area contributed by atoms with Crippen LogP contribution >= 0.6 is 11.6 Å². The number of nitrogens with two attached hydrogens (primary N) is 1. The van der Waals surface area contributed by atoms with Crippen LogP contribution in [0.3, 0.4) is 0 Å². The maximum absolute atomic E-state index is 12.0. The lowest BCUT2D eigenvalue weighted by Gasteiger charge is -2.21. The van der Waals surface area contributed by atoms with Crippen molar-refractivity contribution >= 4 is 29.7 Å². The summed E-state index contributed by atoms with van der Waals surface area (Å²) in [5, 5.41) is 6.29. The summed E-state index contributed by atoms with van der Waals surface area (Å²) in [6.45, 7) is 7.33. The van der Waals surface area contributed by atoms with E-state index in [2.05, 4.69) is 11.8 Å². The monoisotopic (exact) mass is 280 g/mol. The van der Waals surface area contributed by atoms with Crippen molar-refractivity contribution in [3.05, 3.63) is 33.3 Å². The summed E-state index contributed by atoms with van der Waals surface area (Å²) in [5.41, 5.74) is 7.13. The molecule has 1 saturated carbocycles. The second kappa shape index (κ2) is 5.09. The molecular formula is C13H17ClN4O. The molecular weight excluding hydrogens is 264 g/mol. The van der Waals surface area contributed by atoms with Gasteiger partial charge in [0.2, 0.25) is 0 Å². The zero-order valence-corrected chi connectivity index (χ0v) is 11.8. The van der Waals surface area contributed by atoms with Crippen molar-refractivity contribution in [2.75, 3.05) is 5.73 Å². The van der Waals surface area contributed by atoms with E-state index >= 15 is 0 Å². The van der Waals surface area contributed by atoms with Gasteiger partial charge in [-0.25, -0.2) is 0 Å². The van der Waals surface area contributed by atoms with E-state index in [0.29, 0.717) is 11.1 Å². The van der Waals surface area contributed by atoms with Crippen molar-refractivity contribution in [2.24, 2.45) is 5.10 Å². The van der Waals surface area contributed by atoms with E-state index in [9.17, 15) is 4.79 Å². The number of pyridine rings is 1. The van der Waals surface area contributed by atoms with Gasteiger partial charge >= 0.3 is 0 Å². The first kappa shape index (κ1) is 13.7. The average molecular weight is 281 g/mol. The zero-order valence-electron chi connectivity index (χ0n) is 11.1. The molecule has 5 nitrogen and oxygen atoms in total. The van der Waals surface area contributed by atoms with Crippen molar-refractivity contribution in [2.45, 2.75) is 32.7 Å². The third kappa shape index (κ3) is 2.66. The Balaban J connectivity index is 2.50. The lowest BCUT2D eigenvalue weighted by Crippen LogP contribution is -2.25. The van der Waals surface area contributed by atoms with E-state index in [0.717, 1.165) is 24.2 Å². The molecule has 1 heterocycles. The number of hydrazone groups is 1. The van der Waals surface area contributed by atoms with Gasteiger partial charge in [-0.15, -0.1) is 0 Å². The molecule has 1 aromatic rings. The van der Waals surface area contributed by atoms with Crippen molar-refractivity contribution < 1.29 is 0 Å². The normalized spacial score (nSPS) is 15.9. The highest BCUT2D eigenvalue weighted by Gasteiger charge is 2.29. The Bertz CT molecular complexity index is 601. The second-order valence-corrected chi connectivity index (χ2v) is 5.11. The molecule has 0 unspecified atom stereocenters. The summed E-state index contributed by atoms with van der Waals surface area (Å²) < 4.78 is 1.45. The Labute approximate surface area is 117 Å². The molecule has 0 aromatic carbocycles. The minimum absolute atomic E-state index is 0.129. The highest BCUT2D eigenvalue weighted by molar-refractivity contribution is 6.30. The van der Waals surface area contributed by atoms with Crippen molar-refractivity contribution in [1.29, 1.82) is 0 Å². The third-order valence-corrected chi connectivity index (χ3v) is 3.49. The maximum Gasteiger partial charge on any atom is 0.278 e. The van der Waals surface area contributed by atoms with E-state index in [1.165, 1.54) is 10.6 Å². The molecule has 0 radical (unpaired) electrons. The first-order chi connectivity index (χ1) is 8.95. The van der Waals surface area contributed by atoms with Gasteiger partial charge in [0.05, 0.1) is 22.4 Å². The maximum atomic E-state index is 12.0. The van der Waals surface area contributed by atoms with E-state index in [1.54, 1.807) is 6.20 Å². The molecule has 19 heavy (non-hydrogen) atoms. The van der Waals surface area contributed by atoms with Crippen LogP contribution < -0.4 is 11.3 Å². The molecule has 6 heteroatoms. The Morgan fingerprint density at radius 3 is 2.74 bits per heavy atom. The summed E-state index contributed by atoms with van der Waals surface area (Å²) in [5.74, 6) is 0. The van der Waals surface area contributed by atoms with Crippen LogP contribution in [0.1, 0.15) is 26.7 Å². The number of hydrogen-bond acceptors (Lipinski definition) is 4. The van der Waals surface area contributed by atoms with Crippen molar-refractivity contribution in [3.63, 3.8) is 0 Å². The summed E-state index contributed by atoms with van der Waals surface area (Å²) in [6.07, 6.45) is 3.75. The number of anilines is 1. The predicted molar refractivity (Wildman–Crippen MR) is 79.1 cm³/mol. The molecule has 1 aliphatic carbocycles. The largest absolute Gasteiger partial charge is 0.394 e. The zero-order chi connectivity index (χ0) is 14.2. The SMILES string of the molecule is C=NN(/C(C)=C(\C)n1cc(Cl)cc(N)c1=O)C1CC1. The molecule has 0 saturated heterocycles. The fourth-order valence-corrected chi connectivity index (χ4v) is 2.19. The van der Waals surface area contributed by atoms with E-state index < -0.39 is 0 Å². The Morgan fingerprint density at radius 1 is 1.58 bits per heavy atom. The van der Waals surface area contributed by atoms with Crippen molar-refractivity contribution in [1.82, 2.24) is 9.58 Å². The highest BCUT2D eigenvalue weighted by atomic mass is 35.5. The Morgan fingerprint density at radius 2 is 2.21 bits per heavy atom. The molecule has 2 rings (SSSR count). The van der Waals surface area contributed by atoms with Gasteiger partial charge in [0.15, 0.2) is 0 Å². The van der Waals surface area contributed by atoms with Gasteiger partial charge in [0, 0.05) is 18.6 Å². The van der Waals surface area contributed by atoms with Crippen LogP contribution in [0, 0.1) is 0 Å². The van der Waals surface area contributed by atoms with Crippen molar-refractivity contribution in [3.8, 4) is 0 Å². The van der Waals surface area contributed by atoms with Gasteiger partial charge in [-0.1, -0.05) is 11.6 Å².